The third kappa shape index (κ3) is 4.47. The van der Waals surface area contributed by atoms with Crippen LogP contribution in [0, 0.1) is 29.6 Å². The highest BCUT2D eigenvalue weighted by Gasteiger charge is 2.54. The fourth-order valence-corrected chi connectivity index (χ4v) is 5.06. The summed E-state index contributed by atoms with van der Waals surface area (Å²) in [6.45, 7) is 6.03. The Morgan fingerprint density at radius 1 is 1.24 bits per heavy atom. The van der Waals surface area contributed by atoms with Crippen LogP contribution in [-0.2, 0) is 6.42 Å². The van der Waals surface area contributed by atoms with E-state index >= 15 is 0 Å². The minimum atomic E-state index is 0.0291. The highest BCUT2D eigenvalue weighted by Crippen LogP contribution is 2.51. The SMILES string of the molecule is CCc1nccn1C(CNC)c1cc(-c2ccc(C#CC3C4CN(CCO)CC34)cc2)on1. The standard InChI is InChI=1S/C26H31N5O2/c1-3-26-28-10-11-31(26)24(15-27-2)23-14-25(33-29-23)19-7-4-18(5-8-19)6-9-20-21-16-30(12-13-32)17-22(20)21/h4-5,7-8,10-11,14,20-22,24,27,32H,3,12-13,15-17H2,1-2H3. The summed E-state index contributed by atoms with van der Waals surface area (Å²) in [5.41, 5.74) is 2.90. The number of hydrogen-bond donors (Lipinski definition) is 2. The monoisotopic (exact) mass is 445 g/mol. The predicted octanol–water partition coefficient (Wildman–Crippen LogP) is 2.43. The molecule has 1 aliphatic heterocycles. The molecule has 0 amide bonds. The fourth-order valence-electron chi connectivity index (χ4n) is 5.06. The first kappa shape index (κ1) is 21.9. The average molecular weight is 446 g/mol. The number of aliphatic hydroxyl groups excluding tert-OH is 1. The molecule has 7 heteroatoms. The summed E-state index contributed by atoms with van der Waals surface area (Å²) in [5, 5.41) is 16.7. The molecular weight excluding hydrogens is 414 g/mol. The highest BCUT2D eigenvalue weighted by molar-refractivity contribution is 5.59. The molecule has 1 aromatic carbocycles. The van der Waals surface area contributed by atoms with Crippen LogP contribution < -0.4 is 5.32 Å². The lowest BCUT2D eigenvalue weighted by molar-refractivity contribution is 0.206. The Morgan fingerprint density at radius 2 is 2.03 bits per heavy atom. The summed E-state index contributed by atoms with van der Waals surface area (Å²) in [6, 6.07) is 10.3. The van der Waals surface area contributed by atoms with Crippen molar-refractivity contribution < 1.29 is 9.63 Å². The van der Waals surface area contributed by atoms with Gasteiger partial charge in [0.1, 0.15) is 11.5 Å². The van der Waals surface area contributed by atoms with Crippen LogP contribution in [0.25, 0.3) is 11.3 Å². The van der Waals surface area contributed by atoms with Gasteiger partial charge in [0, 0.05) is 68.1 Å². The number of likely N-dealkylation sites (tertiary alicyclic amines) is 1. The van der Waals surface area contributed by atoms with Crippen molar-refractivity contribution in [2.24, 2.45) is 17.8 Å². The molecule has 3 heterocycles. The van der Waals surface area contributed by atoms with Crippen LogP contribution in [0.2, 0.25) is 0 Å². The number of β-amino-alcohol motifs (C(OH)–C–C–N with tert-alkyl or cyclic N) is 1. The van der Waals surface area contributed by atoms with E-state index < -0.39 is 0 Å². The van der Waals surface area contributed by atoms with E-state index in [9.17, 15) is 0 Å². The number of imidazole rings is 1. The molecule has 1 saturated heterocycles. The number of nitrogens with zero attached hydrogens (tertiary/aromatic N) is 4. The summed E-state index contributed by atoms with van der Waals surface area (Å²) in [4.78, 5) is 6.79. The van der Waals surface area contributed by atoms with Crippen molar-refractivity contribution in [3.8, 4) is 23.2 Å². The van der Waals surface area contributed by atoms with Gasteiger partial charge < -0.3 is 24.4 Å². The van der Waals surface area contributed by atoms with Gasteiger partial charge in [-0.3, -0.25) is 0 Å². The van der Waals surface area contributed by atoms with E-state index in [1.165, 1.54) is 0 Å². The zero-order valence-electron chi connectivity index (χ0n) is 19.2. The Balaban J connectivity index is 1.26. The maximum absolute atomic E-state index is 9.08. The Bertz CT molecular complexity index is 1130. The van der Waals surface area contributed by atoms with Gasteiger partial charge in [0.2, 0.25) is 0 Å². The Hall–Kier alpha value is -2.92. The van der Waals surface area contributed by atoms with Crippen molar-refractivity contribution >= 4 is 0 Å². The van der Waals surface area contributed by atoms with E-state index in [1.54, 1.807) is 0 Å². The van der Waals surface area contributed by atoms with E-state index in [-0.39, 0.29) is 12.6 Å². The third-order valence-electron chi connectivity index (χ3n) is 6.91. The van der Waals surface area contributed by atoms with Crippen LogP contribution in [0.15, 0.2) is 47.2 Å². The number of aromatic nitrogens is 3. The number of likely N-dealkylation sites (N-methyl/N-ethyl adjacent to an activating group) is 1. The lowest BCUT2D eigenvalue weighted by Gasteiger charge is -2.17. The third-order valence-corrected chi connectivity index (χ3v) is 6.91. The van der Waals surface area contributed by atoms with Crippen molar-refractivity contribution in [2.45, 2.75) is 19.4 Å². The Morgan fingerprint density at radius 3 is 2.73 bits per heavy atom. The largest absolute Gasteiger partial charge is 0.395 e. The zero-order chi connectivity index (χ0) is 22.8. The van der Waals surface area contributed by atoms with E-state index in [0.717, 1.165) is 61.0 Å². The smallest absolute Gasteiger partial charge is 0.167 e. The molecule has 0 bridgehead atoms. The number of hydrogen-bond acceptors (Lipinski definition) is 6. The summed E-state index contributed by atoms with van der Waals surface area (Å²) < 4.78 is 7.87. The van der Waals surface area contributed by atoms with Crippen molar-refractivity contribution in [1.29, 1.82) is 0 Å². The predicted molar refractivity (Wildman–Crippen MR) is 126 cm³/mol. The summed E-state index contributed by atoms with van der Waals surface area (Å²) >= 11 is 0. The van der Waals surface area contributed by atoms with Gasteiger partial charge in [0.05, 0.1) is 12.6 Å². The molecule has 0 spiro atoms. The second-order valence-corrected chi connectivity index (χ2v) is 8.98. The number of fused-ring (bicyclic) bond motifs is 1. The number of benzene rings is 1. The molecule has 2 aliphatic rings. The first-order chi connectivity index (χ1) is 16.2. The Kier molecular flexibility index (Phi) is 6.32. The van der Waals surface area contributed by atoms with Gasteiger partial charge in [-0.15, -0.1) is 0 Å². The van der Waals surface area contributed by atoms with Crippen LogP contribution in [0.5, 0.6) is 0 Å². The van der Waals surface area contributed by atoms with Gasteiger partial charge in [0.25, 0.3) is 0 Å². The number of rotatable bonds is 8. The van der Waals surface area contributed by atoms with Crippen LogP contribution in [-0.4, -0.2) is 64.5 Å². The van der Waals surface area contributed by atoms with Crippen LogP contribution in [0.3, 0.4) is 0 Å². The number of aryl methyl sites for hydroxylation is 1. The maximum Gasteiger partial charge on any atom is 0.167 e. The number of nitrogens with one attached hydrogen (secondary N) is 1. The molecule has 33 heavy (non-hydrogen) atoms. The lowest BCUT2D eigenvalue weighted by Crippen LogP contribution is -2.27. The molecule has 3 aromatic rings. The van der Waals surface area contributed by atoms with Gasteiger partial charge >= 0.3 is 0 Å². The molecule has 172 valence electrons. The van der Waals surface area contributed by atoms with E-state index in [2.05, 4.69) is 55.8 Å². The van der Waals surface area contributed by atoms with Gasteiger partial charge in [-0.1, -0.05) is 23.9 Å². The number of aliphatic hydroxyl groups is 1. The average Bonchev–Trinajstić information content (AvgIpc) is 3.34. The quantitative estimate of drug-likeness (QED) is 0.519. The molecule has 3 unspecified atom stereocenters. The molecule has 1 aliphatic carbocycles. The van der Waals surface area contributed by atoms with E-state index in [4.69, 9.17) is 9.63 Å². The van der Waals surface area contributed by atoms with E-state index in [0.29, 0.717) is 17.8 Å². The molecule has 5 rings (SSSR count). The van der Waals surface area contributed by atoms with Gasteiger partial charge in [-0.25, -0.2) is 4.98 Å². The molecule has 0 radical (unpaired) electrons. The maximum atomic E-state index is 9.08. The highest BCUT2D eigenvalue weighted by atomic mass is 16.5. The molecule has 2 aromatic heterocycles. The van der Waals surface area contributed by atoms with Crippen molar-refractivity contribution in [3.05, 3.63) is 59.8 Å². The minimum Gasteiger partial charge on any atom is -0.395 e. The molecule has 1 saturated carbocycles. The van der Waals surface area contributed by atoms with Crippen LogP contribution >= 0.6 is 0 Å². The van der Waals surface area contributed by atoms with Crippen molar-refractivity contribution in [3.63, 3.8) is 0 Å². The van der Waals surface area contributed by atoms with Crippen molar-refractivity contribution in [2.75, 3.05) is 39.8 Å². The number of piperidine rings is 1. The molecule has 3 atom stereocenters. The summed E-state index contributed by atoms with van der Waals surface area (Å²) in [5.74, 6) is 10.5. The minimum absolute atomic E-state index is 0.0291. The van der Waals surface area contributed by atoms with Crippen LogP contribution in [0.1, 0.15) is 30.0 Å². The lowest BCUT2D eigenvalue weighted by atomic mass is 10.1. The summed E-state index contributed by atoms with van der Waals surface area (Å²) in [6.07, 6.45) is 4.70. The second-order valence-electron chi connectivity index (χ2n) is 8.98. The first-order valence-electron chi connectivity index (χ1n) is 11.8. The first-order valence-corrected chi connectivity index (χ1v) is 11.8. The second kappa shape index (κ2) is 9.52. The van der Waals surface area contributed by atoms with E-state index in [1.807, 2.05) is 37.6 Å². The topological polar surface area (TPSA) is 79.4 Å². The van der Waals surface area contributed by atoms with Gasteiger partial charge in [-0.05, 0) is 43.1 Å². The normalized spacial score (nSPS) is 22.6. The Labute approximate surface area is 194 Å². The van der Waals surface area contributed by atoms with Crippen molar-refractivity contribution in [1.82, 2.24) is 24.9 Å². The summed E-state index contributed by atoms with van der Waals surface area (Å²) in [7, 11) is 1.94. The molecule has 2 fully saturated rings. The molecule has 2 N–H and O–H groups in total. The van der Waals surface area contributed by atoms with Gasteiger partial charge in [-0.2, -0.15) is 0 Å². The molecular formula is C26H31N5O2. The zero-order valence-corrected chi connectivity index (χ0v) is 19.2. The van der Waals surface area contributed by atoms with Gasteiger partial charge in [0.15, 0.2) is 5.76 Å². The van der Waals surface area contributed by atoms with Crippen LogP contribution in [0.4, 0.5) is 0 Å². The molecule has 7 nitrogen and oxygen atoms in total. The fraction of sp³-hybridized carbons (Fsp3) is 0.462.